The maximum absolute atomic E-state index is 6.49. The maximum atomic E-state index is 6.49. The Bertz CT molecular complexity index is 2500. The quantitative estimate of drug-likeness (QED) is 0.131. The summed E-state index contributed by atoms with van der Waals surface area (Å²) >= 11 is 0. The SMILES string of the molecule is Cc1c[c-]c(-c2ccc(CC(C)(C)C)cn2)cc1.Cc1cnc(-c2[c-]ccc3c2oc2cc4c(ccc5ccccc54)cc23)cc1CC(C)(C)C.[Ir]. The van der Waals surface area contributed by atoms with Crippen LogP contribution in [0.3, 0.4) is 0 Å². The minimum absolute atomic E-state index is 0. The van der Waals surface area contributed by atoms with Crippen LogP contribution in [0.1, 0.15) is 63.8 Å². The third-order valence-corrected chi connectivity index (χ3v) is 9.29. The molecule has 52 heavy (non-hydrogen) atoms. The minimum Gasteiger partial charge on any atom is -0.501 e. The summed E-state index contributed by atoms with van der Waals surface area (Å²) in [7, 11) is 0. The van der Waals surface area contributed by atoms with Crippen molar-refractivity contribution in [2.24, 2.45) is 10.8 Å². The van der Waals surface area contributed by atoms with Gasteiger partial charge in [-0.2, -0.15) is 0 Å². The average Bonchev–Trinajstić information content (AvgIpc) is 3.46. The number of furan rings is 1. The maximum Gasteiger partial charge on any atom is 0.121 e. The van der Waals surface area contributed by atoms with Crippen molar-refractivity contribution >= 4 is 43.5 Å². The predicted octanol–water partition coefficient (Wildman–Crippen LogP) is 13.1. The summed E-state index contributed by atoms with van der Waals surface area (Å²) in [6, 6.07) is 40.7. The van der Waals surface area contributed by atoms with E-state index in [0.717, 1.165) is 57.3 Å². The Morgan fingerprint density at radius 2 is 1.38 bits per heavy atom. The molecule has 8 aromatic rings. The summed E-state index contributed by atoms with van der Waals surface area (Å²) in [4.78, 5) is 9.30. The number of hydrogen-bond donors (Lipinski definition) is 0. The predicted molar refractivity (Wildman–Crippen MR) is 215 cm³/mol. The molecule has 0 aliphatic rings. The number of fused-ring (bicyclic) bond motifs is 6. The van der Waals surface area contributed by atoms with Crippen LogP contribution in [0.2, 0.25) is 0 Å². The Hall–Kier alpha value is -4.63. The van der Waals surface area contributed by atoms with E-state index in [1.54, 1.807) is 0 Å². The summed E-state index contributed by atoms with van der Waals surface area (Å²) in [5.41, 5.74) is 11.2. The number of nitrogens with zero attached hydrogens (tertiary/aromatic N) is 2. The first-order chi connectivity index (χ1) is 24.3. The van der Waals surface area contributed by atoms with Crippen molar-refractivity contribution in [3.05, 3.63) is 144 Å². The number of pyridine rings is 2. The van der Waals surface area contributed by atoms with E-state index in [0.29, 0.717) is 5.41 Å². The molecular weight excluding hydrogens is 813 g/mol. The van der Waals surface area contributed by atoms with Gasteiger partial charge in [-0.25, -0.2) is 0 Å². The van der Waals surface area contributed by atoms with Crippen molar-refractivity contribution in [3.63, 3.8) is 0 Å². The van der Waals surface area contributed by atoms with E-state index in [1.165, 1.54) is 43.8 Å². The summed E-state index contributed by atoms with van der Waals surface area (Å²) in [6.45, 7) is 17.8. The Kier molecular flexibility index (Phi) is 10.6. The molecule has 0 spiro atoms. The first-order valence-electron chi connectivity index (χ1n) is 17.9. The first-order valence-corrected chi connectivity index (χ1v) is 17.9. The summed E-state index contributed by atoms with van der Waals surface area (Å²) in [6.07, 6.45) is 6.02. The van der Waals surface area contributed by atoms with Gasteiger partial charge in [0.25, 0.3) is 0 Å². The molecule has 0 fully saturated rings. The molecule has 3 nitrogen and oxygen atoms in total. The van der Waals surface area contributed by atoms with Crippen molar-refractivity contribution in [1.29, 1.82) is 0 Å². The number of rotatable bonds is 4. The van der Waals surface area contributed by atoms with Gasteiger partial charge < -0.3 is 14.4 Å². The molecule has 0 aliphatic carbocycles. The number of aromatic nitrogens is 2. The van der Waals surface area contributed by atoms with Crippen LogP contribution in [-0.4, -0.2) is 9.97 Å². The van der Waals surface area contributed by atoms with E-state index in [4.69, 9.17) is 9.40 Å². The van der Waals surface area contributed by atoms with Crippen LogP contribution in [0, 0.1) is 36.8 Å². The third kappa shape index (κ3) is 8.20. The van der Waals surface area contributed by atoms with Gasteiger partial charge in [0.1, 0.15) is 5.58 Å². The monoisotopic (exact) mass is 859 g/mol. The van der Waals surface area contributed by atoms with Crippen LogP contribution in [0.5, 0.6) is 0 Å². The molecule has 0 atom stereocenters. The molecule has 0 saturated carbocycles. The molecule has 5 aromatic carbocycles. The van der Waals surface area contributed by atoms with Crippen LogP contribution >= 0.6 is 0 Å². The Labute approximate surface area is 321 Å². The number of benzene rings is 5. The Morgan fingerprint density at radius 1 is 0.635 bits per heavy atom. The zero-order valence-electron chi connectivity index (χ0n) is 31.4. The van der Waals surface area contributed by atoms with Crippen molar-refractivity contribution in [3.8, 4) is 22.5 Å². The van der Waals surface area contributed by atoms with E-state index < -0.39 is 0 Å². The van der Waals surface area contributed by atoms with Gasteiger partial charge in [-0.1, -0.05) is 120 Å². The summed E-state index contributed by atoms with van der Waals surface area (Å²) in [5.74, 6) is 0. The molecule has 1 radical (unpaired) electrons. The normalized spacial score (nSPS) is 11.8. The smallest absolute Gasteiger partial charge is 0.121 e. The zero-order valence-corrected chi connectivity index (χ0v) is 33.8. The second-order valence-electron chi connectivity index (χ2n) is 16.4. The van der Waals surface area contributed by atoms with Crippen LogP contribution in [0.25, 0.3) is 66.0 Å². The second kappa shape index (κ2) is 14.8. The van der Waals surface area contributed by atoms with Gasteiger partial charge in [0, 0.05) is 37.9 Å². The fourth-order valence-corrected chi connectivity index (χ4v) is 6.86. The largest absolute Gasteiger partial charge is 0.501 e. The number of hydrogen-bond acceptors (Lipinski definition) is 3. The molecular formula is C48H46IrN2O-2. The molecule has 4 heteroatoms. The van der Waals surface area contributed by atoms with Gasteiger partial charge in [-0.3, -0.25) is 0 Å². The molecule has 0 bridgehead atoms. The zero-order chi connectivity index (χ0) is 35.9. The third-order valence-electron chi connectivity index (χ3n) is 9.29. The van der Waals surface area contributed by atoms with Gasteiger partial charge in [-0.05, 0) is 86.8 Å². The number of aryl methyl sites for hydroxylation is 2. The van der Waals surface area contributed by atoms with Crippen molar-refractivity contribution in [1.82, 2.24) is 9.97 Å². The molecule has 0 saturated heterocycles. The van der Waals surface area contributed by atoms with Gasteiger partial charge in [0.05, 0.1) is 5.58 Å². The van der Waals surface area contributed by atoms with Crippen molar-refractivity contribution in [2.75, 3.05) is 0 Å². The van der Waals surface area contributed by atoms with Crippen molar-refractivity contribution < 1.29 is 24.5 Å². The molecule has 265 valence electrons. The molecule has 0 unspecified atom stereocenters. The fraction of sp³-hybridized carbons (Fsp3) is 0.250. The first kappa shape index (κ1) is 37.1. The fourth-order valence-electron chi connectivity index (χ4n) is 6.86. The van der Waals surface area contributed by atoms with Gasteiger partial charge in [0.15, 0.2) is 0 Å². The second-order valence-corrected chi connectivity index (χ2v) is 16.4. The van der Waals surface area contributed by atoms with E-state index in [-0.39, 0.29) is 25.5 Å². The minimum atomic E-state index is 0. The molecule has 8 rings (SSSR count). The average molecular weight is 859 g/mol. The summed E-state index contributed by atoms with van der Waals surface area (Å²) < 4.78 is 6.49. The van der Waals surface area contributed by atoms with Crippen LogP contribution in [-0.2, 0) is 32.9 Å². The van der Waals surface area contributed by atoms with E-state index in [2.05, 4.69) is 157 Å². The van der Waals surface area contributed by atoms with E-state index in [1.807, 2.05) is 24.5 Å². The van der Waals surface area contributed by atoms with Crippen molar-refractivity contribution in [2.45, 2.75) is 68.2 Å². The van der Waals surface area contributed by atoms with Crippen LogP contribution in [0.4, 0.5) is 0 Å². The topological polar surface area (TPSA) is 38.9 Å². The molecule has 3 heterocycles. The summed E-state index contributed by atoms with van der Waals surface area (Å²) in [5, 5.41) is 7.16. The molecule has 0 aliphatic heterocycles. The molecule has 0 amide bonds. The van der Waals surface area contributed by atoms with Gasteiger partial charge in [0.2, 0.25) is 0 Å². The standard InChI is InChI=1S/C31H26NO.C17H20N.Ir/c1-19-18-32-28(15-22(19)17-31(2,3)4)25-11-7-10-24-27-14-21-13-12-20-8-5-6-9-23(20)26(21)16-29(27)33-30(24)25;1-13-5-8-15(9-6-13)16-10-7-14(12-18-16)11-17(2,3)4;/h5-10,12-16,18H,17H2,1-4H3;5-8,10,12H,11H2,1-4H3;/q2*-1;. The van der Waals surface area contributed by atoms with E-state index >= 15 is 0 Å². The Morgan fingerprint density at radius 3 is 2.10 bits per heavy atom. The molecule has 3 aromatic heterocycles. The van der Waals surface area contributed by atoms with E-state index in [9.17, 15) is 0 Å². The van der Waals surface area contributed by atoms with Gasteiger partial charge in [-0.15, -0.1) is 53.6 Å². The van der Waals surface area contributed by atoms with Crippen LogP contribution in [0.15, 0.2) is 114 Å². The molecule has 0 N–H and O–H groups in total. The Balaban J connectivity index is 0.000000208. The van der Waals surface area contributed by atoms with Crippen LogP contribution < -0.4 is 0 Å². The van der Waals surface area contributed by atoms with Gasteiger partial charge >= 0.3 is 0 Å².